The van der Waals surface area contributed by atoms with Crippen molar-refractivity contribution in [1.29, 1.82) is 0 Å². The Kier molecular flexibility index (Phi) is 2.96. The van der Waals surface area contributed by atoms with Crippen LogP contribution in [0.3, 0.4) is 0 Å². The van der Waals surface area contributed by atoms with Crippen LogP contribution in [0.4, 0.5) is 10.8 Å². The Morgan fingerprint density at radius 2 is 2.24 bits per heavy atom. The number of anilines is 2. The van der Waals surface area contributed by atoms with E-state index in [-0.39, 0.29) is 0 Å². The van der Waals surface area contributed by atoms with Gasteiger partial charge in [-0.05, 0) is 50.1 Å². The van der Waals surface area contributed by atoms with Crippen LogP contribution in [-0.4, -0.2) is 23.1 Å². The fraction of sp³-hybridized carbons (Fsp3) is 0.750. The molecule has 94 valence electrons. The van der Waals surface area contributed by atoms with Crippen LogP contribution >= 0.6 is 11.5 Å². The van der Waals surface area contributed by atoms with Gasteiger partial charge in [0.15, 0.2) is 0 Å². The van der Waals surface area contributed by atoms with Crippen molar-refractivity contribution in [3.63, 3.8) is 0 Å². The van der Waals surface area contributed by atoms with E-state index < -0.39 is 0 Å². The summed E-state index contributed by atoms with van der Waals surface area (Å²) in [6.07, 6.45) is 5.03. The molecule has 1 saturated heterocycles. The van der Waals surface area contributed by atoms with E-state index in [0.29, 0.717) is 18.1 Å². The van der Waals surface area contributed by atoms with Crippen molar-refractivity contribution in [2.75, 3.05) is 17.7 Å². The largest absolute Gasteiger partial charge is 0.383 e. The number of hydrogen-bond acceptors (Lipinski definition) is 5. The minimum Gasteiger partial charge on any atom is -0.383 e. The lowest BCUT2D eigenvalue weighted by Crippen LogP contribution is -2.32. The third-order valence-corrected chi connectivity index (χ3v) is 4.37. The number of rotatable bonds is 3. The summed E-state index contributed by atoms with van der Waals surface area (Å²) in [5, 5.41) is 4.82. The molecule has 3 rings (SSSR count). The number of nitrogens with one attached hydrogen (secondary N) is 1. The van der Waals surface area contributed by atoms with Crippen LogP contribution in [0.5, 0.6) is 0 Å². The molecule has 2 heterocycles. The maximum absolute atomic E-state index is 5.95. The SMILES string of the molecule is CC1CC(Nc2snc(N)c2C2CC2)CCO1. The molecule has 2 atom stereocenters. The molecule has 5 heteroatoms. The van der Waals surface area contributed by atoms with Gasteiger partial charge in [0.2, 0.25) is 0 Å². The number of nitrogens with two attached hydrogens (primary N) is 1. The molecule has 2 fully saturated rings. The van der Waals surface area contributed by atoms with Gasteiger partial charge in [-0.25, -0.2) is 0 Å². The van der Waals surface area contributed by atoms with Gasteiger partial charge < -0.3 is 15.8 Å². The number of nitrogen functional groups attached to an aromatic ring is 1. The Labute approximate surface area is 106 Å². The number of hydrogen-bond donors (Lipinski definition) is 2. The van der Waals surface area contributed by atoms with Crippen LogP contribution in [0, 0.1) is 0 Å². The third-order valence-electron chi connectivity index (χ3n) is 3.56. The Morgan fingerprint density at radius 1 is 1.41 bits per heavy atom. The first-order chi connectivity index (χ1) is 8.24. The van der Waals surface area contributed by atoms with E-state index in [0.717, 1.165) is 25.3 Å². The summed E-state index contributed by atoms with van der Waals surface area (Å²) >= 11 is 1.51. The molecule has 1 aromatic rings. The predicted octanol–water partition coefficient (Wildman–Crippen LogP) is 2.58. The molecule has 1 aromatic heterocycles. The molecule has 0 spiro atoms. The van der Waals surface area contributed by atoms with Gasteiger partial charge in [-0.1, -0.05) is 0 Å². The Balaban J connectivity index is 1.71. The quantitative estimate of drug-likeness (QED) is 0.869. The second-order valence-corrected chi connectivity index (χ2v) is 5.91. The summed E-state index contributed by atoms with van der Waals surface area (Å²) in [7, 11) is 0. The number of aromatic nitrogens is 1. The van der Waals surface area contributed by atoms with Crippen LogP contribution in [0.1, 0.15) is 44.1 Å². The standard InChI is InChI=1S/C12H19N3OS/c1-7-6-9(4-5-16-7)14-12-10(8-2-3-8)11(13)15-17-12/h7-9,14H,2-6H2,1H3,(H2,13,15). The van der Waals surface area contributed by atoms with Gasteiger partial charge in [-0.15, -0.1) is 0 Å². The van der Waals surface area contributed by atoms with Crippen molar-refractivity contribution in [2.24, 2.45) is 0 Å². The Hall–Kier alpha value is -0.810. The highest BCUT2D eigenvalue weighted by molar-refractivity contribution is 7.10. The summed E-state index contributed by atoms with van der Waals surface area (Å²) in [5.74, 6) is 1.40. The lowest BCUT2D eigenvalue weighted by atomic mass is 10.0. The van der Waals surface area contributed by atoms with Gasteiger partial charge in [0.25, 0.3) is 0 Å². The van der Waals surface area contributed by atoms with Crippen molar-refractivity contribution in [1.82, 2.24) is 4.37 Å². The summed E-state index contributed by atoms with van der Waals surface area (Å²) < 4.78 is 9.85. The fourth-order valence-corrected chi connectivity index (χ4v) is 3.37. The zero-order chi connectivity index (χ0) is 11.8. The Bertz CT molecular complexity index is 402. The van der Waals surface area contributed by atoms with E-state index in [1.807, 2.05) is 0 Å². The van der Waals surface area contributed by atoms with Crippen molar-refractivity contribution < 1.29 is 4.74 Å². The normalized spacial score (nSPS) is 29.2. The smallest absolute Gasteiger partial charge is 0.142 e. The molecule has 17 heavy (non-hydrogen) atoms. The van der Waals surface area contributed by atoms with Crippen molar-refractivity contribution in [3.05, 3.63) is 5.56 Å². The molecule has 0 amide bonds. The molecule has 3 N–H and O–H groups in total. The van der Waals surface area contributed by atoms with Gasteiger partial charge >= 0.3 is 0 Å². The summed E-state index contributed by atoms with van der Waals surface area (Å²) in [5.41, 5.74) is 7.22. The van der Waals surface area contributed by atoms with E-state index in [1.165, 1.54) is 34.9 Å². The third kappa shape index (κ3) is 2.40. The van der Waals surface area contributed by atoms with Crippen LogP contribution in [0.2, 0.25) is 0 Å². The molecule has 2 aliphatic rings. The number of nitrogens with zero attached hydrogens (tertiary/aromatic N) is 1. The maximum Gasteiger partial charge on any atom is 0.142 e. The average molecular weight is 253 g/mol. The molecule has 0 radical (unpaired) electrons. The van der Waals surface area contributed by atoms with Gasteiger partial charge in [0, 0.05) is 18.2 Å². The molecule has 0 bridgehead atoms. The zero-order valence-electron chi connectivity index (χ0n) is 10.1. The predicted molar refractivity (Wildman–Crippen MR) is 70.6 cm³/mol. The molecule has 2 unspecified atom stereocenters. The first kappa shape index (κ1) is 11.3. The van der Waals surface area contributed by atoms with Crippen LogP contribution in [0.25, 0.3) is 0 Å². The molecule has 1 saturated carbocycles. The van der Waals surface area contributed by atoms with E-state index in [4.69, 9.17) is 10.5 Å². The number of ether oxygens (including phenoxy) is 1. The van der Waals surface area contributed by atoms with Crippen LogP contribution < -0.4 is 11.1 Å². The lowest BCUT2D eigenvalue weighted by molar-refractivity contribution is 0.0232. The Morgan fingerprint density at radius 3 is 2.94 bits per heavy atom. The summed E-state index contributed by atoms with van der Waals surface area (Å²) in [6.45, 7) is 2.99. The van der Waals surface area contributed by atoms with Crippen molar-refractivity contribution >= 4 is 22.4 Å². The monoisotopic (exact) mass is 253 g/mol. The van der Waals surface area contributed by atoms with E-state index in [2.05, 4.69) is 16.6 Å². The molecule has 0 aromatic carbocycles. The molecule has 4 nitrogen and oxygen atoms in total. The lowest BCUT2D eigenvalue weighted by Gasteiger charge is -2.28. The first-order valence-electron chi connectivity index (χ1n) is 6.37. The van der Waals surface area contributed by atoms with Gasteiger partial charge in [-0.3, -0.25) is 0 Å². The second-order valence-electron chi connectivity index (χ2n) is 5.13. The highest BCUT2D eigenvalue weighted by Gasteiger charge is 2.31. The van der Waals surface area contributed by atoms with E-state index in [9.17, 15) is 0 Å². The fourth-order valence-electron chi connectivity index (χ4n) is 2.49. The second kappa shape index (κ2) is 4.46. The topological polar surface area (TPSA) is 60.2 Å². The van der Waals surface area contributed by atoms with E-state index >= 15 is 0 Å². The molecular formula is C12H19N3OS. The maximum atomic E-state index is 5.95. The highest BCUT2D eigenvalue weighted by Crippen LogP contribution is 2.48. The van der Waals surface area contributed by atoms with Crippen LogP contribution in [-0.2, 0) is 4.74 Å². The highest BCUT2D eigenvalue weighted by atomic mass is 32.1. The minimum atomic E-state index is 0.357. The molecule has 1 aliphatic heterocycles. The summed E-state index contributed by atoms with van der Waals surface area (Å²) in [4.78, 5) is 0. The van der Waals surface area contributed by atoms with Crippen LogP contribution in [0.15, 0.2) is 0 Å². The van der Waals surface area contributed by atoms with Gasteiger partial charge in [0.1, 0.15) is 10.8 Å². The first-order valence-corrected chi connectivity index (χ1v) is 7.14. The summed E-state index contributed by atoms with van der Waals surface area (Å²) in [6, 6.07) is 0.510. The molecule has 1 aliphatic carbocycles. The van der Waals surface area contributed by atoms with Crippen molar-refractivity contribution in [3.8, 4) is 0 Å². The zero-order valence-corrected chi connectivity index (χ0v) is 10.9. The van der Waals surface area contributed by atoms with E-state index in [1.54, 1.807) is 0 Å². The van der Waals surface area contributed by atoms with Gasteiger partial charge in [-0.2, -0.15) is 4.37 Å². The van der Waals surface area contributed by atoms with Crippen molar-refractivity contribution in [2.45, 2.75) is 50.7 Å². The van der Waals surface area contributed by atoms with Gasteiger partial charge in [0.05, 0.1) is 6.10 Å². The average Bonchev–Trinajstić information content (AvgIpc) is 3.05. The minimum absolute atomic E-state index is 0.357. The molecular weight excluding hydrogens is 234 g/mol.